The second-order valence-electron chi connectivity index (χ2n) is 11.6. The SMILES string of the molecule is CC(CC(=O)O)NS(=O)(=O)C1CCCC(NC(=O)CC2CCC(NC(=O)NC3CCCCC3C)CC2)C1. The van der Waals surface area contributed by atoms with Gasteiger partial charge in [0.15, 0.2) is 0 Å². The molecule has 5 atom stereocenters. The molecule has 212 valence electrons. The molecule has 3 aliphatic carbocycles. The highest BCUT2D eigenvalue weighted by Crippen LogP contribution is 2.29. The van der Waals surface area contributed by atoms with Gasteiger partial charge in [-0.15, -0.1) is 0 Å². The maximum Gasteiger partial charge on any atom is 0.315 e. The molecule has 0 radical (unpaired) electrons. The monoisotopic (exact) mass is 542 g/mol. The number of carbonyl (C=O) groups excluding carboxylic acids is 2. The first-order valence-corrected chi connectivity index (χ1v) is 15.7. The highest BCUT2D eigenvalue weighted by atomic mass is 32.2. The van der Waals surface area contributed by atoms with Crippen molar-refractivity contribution in [2.75, 3.05) is 0 Å². The molecule has 3 aliphatic rings. The maximum atomic E-state index is 12.7. The van der Waals surface area contributed by atoms with Gasteiger partial charge in [-0.1, -0.05) is 26.2 Å². The Kier molecular flexibility index (Phi) is 11.0. The van der Waals surface area contributed by atoms with Crippen LogP contribution >= 0.6 is 0 Å². The molecular formula is C26H46N4O6S. The first-order chi connectivity index (χ1) is 17.5. The van der Waals surface area contributed by atoms with Crippen LogP contribution in [0.25, 0.3) is 0 Å². The van der Waals surface area contributed by atoms with Crippen molar-refractivity contribution in [3.05, 3.63) is 0 Å². The fourth-order valence-electron chi connectivity index (χ4n) is 6.22. The molecule has 3 fully saturated rings. The lowest BCUT2D eigenvalue weighted by Crippen LogP contribution is -2.49. The van der Waals surface area contributed by atoms with E-state index in [1.165, 1.54) is 19.3 Å². The van der Waals surface area contributed by atoms with Crippen molar-refractivity contribution >= 4 is 27.9 Å². The molecule has 5 N–H and O–H groups in total. The van der Waals surface area contributed by atoms with Crippen molar-refractivity contribution in [3.63, 3.8) is 0 Å². The van der Waals surface area contributed by atoms with Gasteiger partial charge < -0.3 is 21.1 Å². The summed E-state index contributed by atoms with van der Waals surface area (Å²) >= 11 is 0. The average Bonchev–Trinajstić information content (AvgIpc) is 2.81. The number of amides is 3. The second-order valence-corrected chi connectivity index (χ2v) is 13.6. The van der Waals surface area contributed by atoms with Crippen LogP contribution in [0.15, 0.2) is 0 Å². The summed E-state index contributed by atoms with van der Waals surface area (Å²) in [6.07, 6.45) is 10.5. The van der Waals surface area contributed by atoms with Crippen LogP contribution in [0, 0.1) is 11.8 Å². The third kappa shape index (κ3) is 9.74. The average molecular weight is 543 g/mol. The fourth-order valence-corrected chi connectivity index (χ4v) is 8.02. The molecule has 37 heavy (non-hydrogen) atoms. The largest absolute Gasteiger partial charge is 0.481 e. The van der Waals surface area contributed by atoms with Crippen LogP contribution in [0.2, 0.25) is 0 Å². The Bertz CT molecular complexity index is 889. The summed E-state index contributed by atoms with van der Waals surface area (Å²) < 4.78 is 27.9. The zero-order chi connectivity index (χ0) is 27.0. The van der Waals surface area contributed by atoms with Crippen LogP contribution in [-0.4, -0.2) is 60.8 Å². The van der Waals surface area contributed by atoms with Gasteiger partial charge in [0.1, 0.15) is 0 Å². The van der Waals surface area contributed by atoms with E-state index in [4.69, 9.17) is 5.11 Å². The Morgan fingerprint density at radius 3 is 2.24 bits per heavy atom. The first-order valence-electron chi connectivity index (χ1n) is 14.1. The summed E-state index contributed by atoms with van der Waals surface area (Å²) in [6.45, 7) is 3.74. The number of nitrogens with one attached hydrogen (secondary N) is 4. The summed E-state index contributed by atoms with van der Waals surface area (Å²) in [5.41, 5.74) is 0. The van der Waals surface area contributed by atoms with Gasteiger partial charge in [0.2, 0.25) is 15.9 Å². The Balaban J connectivity index is 1.36. The molecular weight excluding hydrogens is 496 g/mol. The minimum Gasteiger partial charge on any atom is -0.481 e. The zero-order valence-electron chi connectivity index (χ0n) is 22.3. The van der Waals surface area contributed by atoms with Crippen molar-refractivity contribution in [1.82, 2.24) is 20.7 Å². The van der Waals surface area contributed by atoms with E-state index in [9.17, 15) is 22.8 Å². The van der Waals surface area contributed by atoms with Crippen molar-refractivity contribution in [3.8, 4) is 0 Å². The summed E-state index contributed by atoms with van der Waals surface area (Å²) in [7, 11) is -3.66. The molecule has 0 aliphatic heterocycles. The second kappa shape index (κ2) is 13.8. The van der Waals surface area contributed by atoms with Gasteiger partial charge in [-0.2, -0.15) is 0 Å². The van der Waals surface area contributed by atoms with Crippen LogP contribution in [0.1, 0.15) is 104 Å². The topological polar surface area (TPSA) is 154 Å². The third-order valence-corrected chi connectivity index (χ3v) is 10.4. The lowest BCUT2D eigenvalue weighted by atomic mass is 9.83. The number of sulfonamides is 1. The fraction of sp³-hybridized carbons (Fsp3) is 0.885. The number of urea groups is 1. The van der Waals surface area contributed by atoms with Crippen LogP contribution < -0.4 is 20.7 Å². The standard InChI is InChI=1S/C26H46N4O6S/c1-17-6-3-4-9-23(17)29-26(34)28-20-12-10-19(11-13-20)15-24(31)27-21-7-5-8-22(16-21)37(35,36)30-18(2)14-25(32)33/h17-23,30H,3-16H2,1-2H3,(H,27,31)(H,32,33)(H2,28,29,34). The van der Waals surface area contributed by atoms with E-state index in [1.54, 1.807) is 6.92 Å². The van der Waals surface area contributed by atoms with Gasteiger partial charge in [0.25, 0.3) is 0 Å². The number of hydrogen-bond acceptors (Lipinski definition) is 5. The quantitative estimate of drug-likeness (QED) is 0.286. The van der Waals surface area contributed by atoms with Crippen LogP contribution in [0.5, 0.6) is 0 Å². The van der Waals surface area contributed by atoms with Gasteiger partial charge in [-0.3, -0.25) is 9.59 Å². The lowest BCUT2D eigenvalue weighted by molar-refractivity contribution is -0.137. The molecule has 0 spiro atoms. The minimum absolute atomic E-state index is 0.0457. The zero-order valence-corrected chi connectivity index (χ0v) is 23.2. The van der Waals surface area contributed by atoms with E-state index in [0.29, 0.717) is 31.6 Å². The Hall–Kier alpha value is -1.88. The molecule has 0 aromatic heterocycles. The van der Waals surface area contributed by atoms with E-state index < -0.39 is 27.3 Å². The molecule has 0 heterocycles. The lowest BCUT2D eigenvalue weighted by Gasteiger charge is -2.33. The summed E-state index contributed by atoms with van der Waals surface area (Å²) in [5, 5.41) is 17.6. The smallest absolute Gasteiger partial charge is 0.315 e. The first kappa shape index (κ1) is 29.7. The molecule has 3 amide bonds. The van der Waals surface area contributed by atoms with E-state index >= 15 is 0 Å². The molecule has 0 bridgehead atoms. The van der Waals surface area contributed by atoms with Crippen molar-refractivity contribution < 1.29 is 27.9 Å². The molecule has 11 heteroatoms. The molecule has 5 unspecified atom stereocenters. The number of carboxylic acids is 1. The van der Waals surface area contributed by atoms with Crippen molar-refractivity contribution in [2.45, 2.75) is 133 Å². The van der Waals surface area contributed by atoms with E-state index in [0.717, 1.165) is 38.5 Å². The highest BCUT2D eigenvalue weighted by molar-refractivity contribution is 7.90. The number of aliphatic carboxylic acids is 1. The van der Waals surface area contributed by atoms with Gasteiger partial charge >= 0.3 is 12.0 Å². The van der Waals surface area contributed by atoms with Gasteiger partial charge in [0, 0.05) is 30.6 Å². The van der Waals surface area contributed by atoms with Crippen LogP contribution in [0.4, 0.5) is 4.79 Å². The van der Waals surface area contributed by atoms with Crippen molar-refractivity contribution in [2.24, 2.45) is 11.8 Å². The normalized spacial score (nSPS) is 31.6. The Morgan fingerprint density at radius 1 is 0.865 bits per heavy atom. The molecule has 10 nitrogen and oxygen atoms in total. The van der Waals surface area contributed by atoms with Gasteiger partial charge in [0.05, 0.1) is 11.7 Å². The molecule has 0 aromatic rings. The maximum absolute atomic E-state index is 12.7. The molecule has 0 aromatic carbocycles. The Morgan fingerprint density at radius 2 is 1.57 bits per heavy atom. The van der Waals surface area contributed by atoms with E-state index in [1.807, 2.05) is 0 Å². The van der Waals surface area contributed by atoms with Crippen molar-refractivity contribution in [1.29, 1.82) is 0 Å². The van der Waals surface area contributed by atoms with Crippen LogP contribution in [-0.2, 0) is 19.6 Å². The number of rotatable bonds is 10. The van der Waals surface area contributed by atoms with Gasteiger partial charge in [-0.25, -0.2) is 17.9 Å². The predicted molar refractivity (Wildman–Crippen MR) is 141 cm³/mol. The van der Waals surface area contributed by atoms with Crippen LogP contribution in [0.3, 0.4) is 0 Å². The highest BCUT2D eigenvalue weighted by Gasteiger charge is 2.34. The molecule has 3 saturated carbocycles. The number of carboxylic acid groups (broad SMARTS) is 1. The number of hydrogen-bond donors (Lipinski definition) is 5. The predicted octanol–water partition coefficient (Wildman–Crippen LogP) is 3.02. The van der Waals surface area contributed by atoms with E-state index in [-0.39, 0.29) is 42.4 Å². The summed E-state index contributed by atoms with van der Waals surface area (Å²) in [4.78, 5) is 36.0. The van der Waals surface area contributed by atoms with E-state index in [2.05, 4.69) is 27.6 Å². The summed E-state index contributed by atoms with van der Waals surface area (Å²) in [6, 6.07) is -0.551. The summed E-state index contributed by atoms with van der Waals surface area (Å²) in [5.74, 6) is -0.312. The number of carbonyl (C=O) groups is 3. The van der Waals surface area contributed by atoms with Gasteiger partial charge in [-0.05, 0) is 76.5 Å². The minimum atomic E-state index is -3.66. The third-order valence-electron chi connectivity index (χ3n) is 8.36. The molecule has 3 rings (SSSR count). The molecule has 0 saturated heterocycles. The Labute approximate surface area is 221 Å².